The summed E-state index contributed by atoms with van der Waals surface area (Å²) in [6, 6.07) is 11.1. The van der Waals surface area contributed by atoms with Crippen LogP contribution in [0.25, 0.3) is 17.1 Å². The smallest absolute Gasteiger partial charge is 0.189 e. The average Bonchev–Trinajstić information content (AvgIpc) is 2.91. The zero-order valence-corrected chi connectivity index (χ0v) is 13.4. The van der Waals surface area contributed by atoms with E-state index in [0.717, 1.165) is 21.3 Å². The number of anilines is 1. The number of benzene rings is 2. The summed E-state index contributed by atoms with van der Waals surface area (Å²) in [6.45, 7) is 2.01. The molecule has 1 heterocycles. The molecule has 21 heavy (non-hydrogen) atoms. The summed E-state index contributed by atoms with van der Waals surface area (Å²) < 4.78 is 2.69. The van der Waals surface area contributed by atoms with Crippen LogP contribution in [0.15, 0.2) is 40.9 Å². The molecule has 0 fully saturated rings. The van der Waals surface area contributed by atoms with Gasteiger partial charge < -0.3 is 5.73 Å². The van der Waals surface area contributed by atoms with E-state index in [-0.39, 0.29) is 0 Å². The topological polar surface area (TPSA) is 69.6 Å². The second-order valence-corrected chi connectivity index (χ2v) is 5.87. The van der Waals surface area contributed by atoms with Crippen LogP contribution in [0.1, 0.15) is 5.56 Å². The summed E-state index contributed by atoms with van der Waals surface area (Å²) in [7, 11) is 0. The standard InChI is InChI=1S/C14H11BrClN5/c1-8-6-10(3-5-12(8)15)21-14(18-19-20-21)11-4-2-9(16)7-13(11)17/h2-7H,17H2,1H3. The number of rotatable bonds is 2. The number of aryl methyl sites for hydroxylation is 1. The summed E-state index contributed by atoms with van der Waals surface area (Å²) >= 11 is 9.41. The third kappa shape index (κ3) is 2.64. The fourth-order valence-electron chi connectivity index (χ4n) is 2.03. The van der Waals surface area contributed by atoms with Crippen molar-refractivity contribution in [1.82, 2.24) is 20.2 Å². The van der Waals surface area contributed by atoms with Crippen molar-refractivity contribution < 1.29 is 0 Å². The predicted molar refractivity (Wildman–Crippen MR) is 86.4 cm³/mol. The van der Waals surface area contributed by atoms with Gasteiger partial charge in [-0.05, 0) is 59.3 Å². The molecule has 0 aliphatic rings. The lowest BCUT2D eigenvalue weighted by molar-refractivity contribution is 0.790. The number of hydrogen-bond donors (Lipinski definition) is 1. The van der Waals surface area contributed by atoms with E-state index in [1.54, 1.807) is 16.8 Å². The molecule has 5 nitrogen and oxygen atoms in total. The van der Waals surface area contributed by atoms with Gasteiger partial charge in [-0.2, -0.15) is 4.68 Å². The average molecular weight is 365 g/mol. The Kier molecular flexibility index (Phi) is 3.65. The summed E-state index contributed by atoms with van der Waals surface area (Å²) in [6.07, 6.45) is 0. The van der Waals surface area contributed by atoms with E-state index in [1.165, 1.54) is 0 Å². The van der Waals surface area contributed by atoms with Crippen LogP contribution in [0.4, 0.5) is 5.69 Å². The van der Waals surface area contributed by atoms with Gasteiger partial charge >= 0.3 is 0 Å². The molecule has 106 valence electrons. The van der Waals surface area contributed by atoms with Crippen molar-refractivity contribution in [3.63, 3.8) is 0 Å². The predicted octanol–water partition coefficient (Wildman–Crippen LogP) is 3.64. The minimum atomic E-state index is 0.535. The maximum Gasteiger partial charge on any atom is 0.189 e. The highest BCUT2D eigenvalue weighted by molar-refractivity contribution is 9.10. The third-order valence-electron chi connectivity index (χ3n) is 3.11. The molecule has 0 spiro atoms. The van der Waals surface area contributed by atoms with E-state index in [2.05, 4.69) is 31.5 Å². The third-order valence-corrected chi connectivity index (χ3v) is 4.23. The quantitative estimate of drug-likeness (QED) is 0.705. The van der Waals surface area contributed by atoms with Gasteiger partial charge in [0.2, 0.25) is 0 Å². The van der Waals surface area contributed by atoms with Crippen LogP contribution >= 0.6 is 27.5 Å². The minimum Gasteiger partial charge on any atom is -0.398 e. The molecule has 0 bridgehead atoms. The highest BCUT2D eigenvalue weighted by Crippen LogP contribution is 2.28. The van der Waals surface area contributed by atoms with Crippen LogP contribution in [0.3, 0.4) is 0 Å². The summed E-state index contributed by atoms with van der Waals surface area (Å²) in [5, 5.41) is 12.5. The number of tetrazole rings is 1. The molecule has 1 aromatic heterocycles. The molecule has 0 aliphatic carbocycles. The largest absolute Gasteiger partial charge is 0.398 e. The van der Waals surface area contributed by atoms with Crippen LogP contribution < -0.4 is 5.73 Å². The summed E-state index contributed by atoms with van der Waals surface area (Å²) in [4.78, 5) is 0. The number of halogens is 2. The molecule has 0 saturated carbocycles. The molecule has 0 radical (unpaired) electrons. The van der Waals surface area contributed by atoms with E-state index < -0.39 is 0 Å². The van der Waals surface area contributed by atoms with Gasteiger partial charge in [0, 0.05) is 20.7 Å². The Morgan fingerprint density at radius 2 is 2.00 bits per heavy atom. The molecule has 3 rings (SSSR count). The second kappa shape index (κ2) is 5.46. The summed E-state index contributed by atoms with van der Waals surface area (Å²) in [5.41, 5.74) is 9.25. The zero-order chi connectivity index (χ0) is 15.0. The molecular weight excluding hydrogens is 354 g/mol. The molecule has 0 amide bonds. The molecule has 0 atom stereocenters. The molecule has 2 N–H and O–H groups in total. The Morgan fingerprint density at radius 3 is 2.71 bits per heavy atom. The van der Waals surface area contributed by atoms with E-state index >= 15 is 0 Å². The molecule has 0 saturated heterocycles. The van der Waals surface area contributed by atoms with Gasteiger partial charge in [0.25, 0.3) is 0 Å². The molecule has 3 aromatic rings. The second-order valence-electron chi connectivity index (χ2n) is 4.58. The van der Waals surface area contributed by atoms with Crippen molar-refractivity contribution in [3.8, 4) is 17.1 Å². The van der Waals surface area contributed by atoms with Gasteiger partial charge in [-0.3, -0.25) is 0 Å². The van der Waals surface area contributed by atoms with Gasteiger partial charge in [-0.15, -0.1) is 5.10 Å². The van der Waals surface area contributed by atoms with Crippen molar-refractivity contribution >= 4 is 33.2 Å². The van der Waals surface area contributed by atoms with Gasteiger partial charge in [-0.25, -0.2) is 0 Å². The van der Waals surface area contributed by atoms with Crippen LogP contribution in [-0.2, 0) is 0 Å². The van der Waals surface area contributed by atoms with Crippen molar-refractivity contribution in [3.05, 3.63) is 51.5 Å². The van der Waals surface area contributed by atoms with Crippen molar-refractivity contribution in [2.75, 3.05) is 5.73 Å². The molecule has 0 aliphatic heterocycles. The summed E-state index contributed by atoms with van der Waals surface area (Å²) in [5.74, 6) is 0.575. The minimum absolute atomic E-state index is 0.535. The first kappa shape index (κ1) is 14.0. The Morgan fingerprint density at radius 1 is 1.19 bits per heavy atom. The van der Waals surface area contributed by atoms with Crippen LogP contribution in [0.5, 0.6) is 0 Å². The number of nitrogen functional groups attached to an aromatic ring is 1. The van der Waals surface area contributed by atoms with E-state index in [1.807, 2.05) is 31.2 Å². The molecule has 7 heteroatoms. The first-order chi connectivity index (χ1) is 10.1. The number of nitrogens with zero attached hydrogens (tertiary/aromatic N) is 4. The first-order valence-corrected chi connectivity index (χ1v) is 7.33. The maximum absolute atomic E-state index is 6.01. The Labute approximate surface area is 134 Å². The zero-order valence-electron chi connectivity index (χ0n) is 11.1. The van der Waals surface area contributed by atoms with Crippen molar-refractivity contribution in [2.24, 2.45) is 0 Å². The van der Waals surface area contributed by atoms with Gasteiger partial charge in [0.1, 0.15) is 0 Å². The maximum atomic E-state index is 6.01. The molecule has 0 unspecified atom stereocenters. The normalized spacial score (nSPS) is 10.8. The Hall–Kier alpha value is -1.92. The Bertz CT molecular complexity index is 815. The monoisotopic (exact) mass is 363 g/mol. The van der Waals surface area contributed by atoms with Gasteiger partial charge in [0.05, 0.1) is 5.69 Å². The highest BCUT2D eigenvalue weighted by atomic mass is 79.9. The molecule has 2 aromatic carbocycles. The number of hydrogen-bond acceptors (Lipinski definition) is 4. The Balaban J connectivity index is 2.14. The SMILES string of the molecule is Cc1cc(-n2nnnc2-c2ccc(Cl)cc2N)ccc1Br. The van der Waals surface area contributed by atoms with Gasteiger partial charge in [-0.1, -0.05) is 27.5 Å². The van der Waals surface area contributed by atoms with Crippen LogP contribution in [0, 0.1) is 6.92 Å². The lowest BCUT2D eigenvalue weighted by atomic mass is 10.1. The van der Waals surface area contributed by atoms with E-state index in [0.29, 0.717) is 16.5 Å². The number of nitrogens with two attached hydrogens (primary N) is 1. The van der Waals surface area contributed by atoms with Gasteiger partial charge in [0.15, 0.2) is 5.82 Å². The lowest BCUT2D eigenvalue weighted by Crippen LogP contribution is -2.02. The van der Waals surface area contributed by atoms with E-state index in [9.17, 15) is 0 Å². The first-order valence-electron chi connectivity index (χ1n) is 6.16. The van der Waals surface area contributed by atoms with Crippen molar-refractivity contribution in [1.29, 1.82) is 0 Å². The van der Waals surface area contributed by atoms with Crippen LogP contribution in [0.2, 0.25) is 5.02 Å². The number of aromatic nitrogens is 4. The van der Waals surface area contributed by atoms with Crippen molar-refractivity contribution in [2.45, 2.75) is 6.92 Å². The van der Waals surface area contributed by atoms with E-state index in [4.69, 9.17) is 17.3 Å². The van der Waals surface area contributed by atoms with Crippen LogP contribution in [-0.4, -0.2) is 20.2 Å². The fourth-order valence-corrected chi connectivity index (χ4v) is 2.45. The lowest BCUT2D eigenvalue weighted by Gasteiger charge is -2.08. The molecular formula is C14H11BrClN5. The fraction of sp³-hybridized carbons (Fsp3) is 0.0714. The highest BCUT2D eigenvalue weighted by Gasteiger charge is 2.14.